The van der Waals surface area contributed by atoms with E-state index >= 15 is 0 Å². The van der Waals surface area contributed by atoms with Crippen molar-refractivity contribution in [1.29, 1.82) is 0 Å². The first-order valence-corrected chi connectivity index (χ1v) is 9.92. The van der Waals surface area contributed by atoms with Crippen LogP contribution in [-0.2, 0) is 14.8 Å². The van der Waals surface area contributed by atoms with Crippen LogP contribution in [0.4, 0.5) is 5.69 Å². The molecule has 1 saturated heterocycles. The number of nitrogens with one attached hydrogen (secondary N) is 1. The van der Waals surface area contributed by atoms with Crippen molar-refractivity contribution in [3.8, 4) is 0 Å². The van der Waals surface area contributed by atoms with Crippen LogP contribution in [0.5, 0.6) is 0 Å². The molecule has 1 aromatic heterocycles. The van der Waals surface area contributed by atoms with Gasteiger partial charge in [0.2, 0.25) is 15.9 Å². The highest BCUT2D eigenvalue weighted by atomic mass is 32.2. The number of aromatic nitrogens is 1. The second-order valence-electron chi connectivity index (χ2n) is 6.49. The van der Waals surface area contributed by atoms with Gasteiger partial charge in [-0.1, -0.05) is 0 Å². The molecule has 1 aromatic carbocycles. The molecule has 0 unspecified atom stereocenters. The zero-order valence-corrected chi connectivity index (χ0v) is 15.1. The molecule has 1 N–H and O–H groups in total. The molecule has 0 aliphatic carbocycles. The zero-order valence-electron chi connectivity index (χ0n) is 14.2. The standard InChI is InChI=1S/C17H23N3O3S/c1-12(21)19(2)14-10-16(15-4-7-18-17(15)11-14)13-5-8-20(9-6-13)24(3,22)23/h4,7,10-11,13,18H,5-6,8-9H2,1-3H3. The SMILES string of the molecule is CC(=O)N(C)c1cc(C2CCN(S(C)(=O)=O)CC2)c2cc[nH]c2c1. The third kappa shape index (κ3) is 3.18. The van der Waals surface area contributed by atoms with Gasteiger partial charge in [0.1, 0.15) is 0 Å². The molecule has 130 valence electrons. The minimum Gasteiger partial charge on any atom is -0.361 e. The number of hydrogen-bond donors (Lipinski definition) is 1. The largest absolute Gasteiger partial charge is 0.361 e. The highest BCUT2D eigenvalue weighted by Crippen LogP contribution is 2.36. The van der Waals surface area contributed by atoms with Crippen molar-refractivity contribution in [2.45, 2.75) is 25.7 Å². The molecule has 3 rings (SSSR count). The van der Waals surface area contributed by atoms with Gasteiger partial charge in [-0.05, 0) is 42.5 Å². The van der Waals surface area contributed by atoms with Gasteiger partial charge >= 0.3 is 0 Å². The number of carbonyl (C=O) groups excluding carboxylic acids is 1. The Morgan fingerprint density at radius 2 is 1.96 bits per heavy atom. The number of sulfonamides is 1. The summed E-state index contributed by atoms with van der Waals surface area (Å²) in [5.74, 6) is 0.278. The normalized spacial score (nSPS) is 17.3. The molecule has 0 radical (unpaired) electrons. The molecule has 7 heteroatoms. The highest BCUT2D eigenvalue weighted by molar-refractivity contribution is 7.88. The van der Waals surface area contributed by atoms with Gasteiger partial charge in [-0.15, -0.1) is 0 Å². The predicted octanol–water partition coefficient (Wildman–Crippen LogP) is 2.29. The van der Waals surface area contributed by atoms with Crippen molar-refractivity contribution in [2.24, 2.45) is 0 Å². The average molecular weight is 349 g/mol. The van der Waals surface area contributed by atoms with E-state index in [9.17, 15) is 13.2 Å². The van der Waals surface area contributed by atoms with E-state index in [1.807, 2.05) is 18.3 Å². The molecule has 1 aliphatic rings. The van der Waals surface area contributed by atoms with Crippen molar-refractivity contribution >= 4 is 32.5 Å². The van der Waals surface area contributed by atoms with Crippen LogP contribution < -0.4 is 4.90 Å². The number of benzene rings is 1. The lowest BCUT2D eigenvalue weighted by Crippen LogP contribution is -2.37. The Morgan fingerprint density at radius 3 is 2.54 bits per heavy atom. The molecule has 24 heavy (non-hydrogen) atoms. The summed E-state index contributed by atoms with van der Waals surface area (Å²) in [5, 5.41) is 1.15. The van der Waals surface area contributed by atoms with Crippen molar-refractivity contribution in [3.63, 3.8) is 0 Å². The van der Waals surface area contributed by atoms with Gasteiger partial charge in [-0.2, -0.15) is 0 Å². The third-order valence-corrected chi connectivity index (χ3v) is 6.21. The number of fused-ring (bicyclic) bond motifs is 1. The maximum Gasteiger partial charge on any atom is 0.223 e. The van der Waals surface area contributed by atoms with Gasteiger partial charge in [-0.25, -0.2) is 12.7 Å². The number of nitrogens with zero attached hydrogens (tertiary/aromatic N) is 2. The fourth-order valence-electron chi connectivity index (χ4n) is 3.39. The van der Waals surface area contributed by atoms with E-state index in [1.165, 1.54) is 11.8 Å². The first-order valence-electron chi connectivity index (χ1n) is 8.08. The van der Waals surface area contributed by atoms with E-state index in [0.29, 0.717) is 19.0 Å². The second-order valence-corrected chi connectivity index (χ2v) is 8.47. The fourth-order valence-corrected chi connectivity index (χ4v) is 4.27. The van der Waals surface area contributed by atoms with E-state index < -0.39 is 10.0 Å². The number of piperidine rings is 1. The lowest BCUT2D eigenvalue weighted by molar-refractivity contribution is -0.116. The maximum absolute atomic E-state index is 11.7. The Hall–Kier alpha value is -1.86. The van der Waals surface area contributed by atoms with Gasteiger partial charge in [0.15, 0.2) is 0 Å². The van der Waals surface area contributed by atoms with Crippen molar-refractivity contribution in [2.75, 3.05) is 31.3 Å². The zero-order chi connectivity index (χ0) is 17.5. The molecule has 1 fully saturated rings. The highest BCUT2D eigenvalue weighted by Gasteiger charge is 2.27. The van der Waals surface area contributed by atoms with Crippen LogP contribution in [0, 0.1) is 0 Å². The first-order chi connectivity index (χ1) is 11.3. The summed E-state index contributed by atoms with van der Waals surface area (Å²) in [4.78, 5) is 16.6. The van der Waals surface area contributed by atoms with Crippen LogP contribution in [0.2, 0.25) is 0 Å². The Kier molecular flexibility index (Phi) is 4.40. The van der Waals surface area contributed by atoms with Crippen LogP contribution >= 0.6 is 0 Å². The first kappa shape index (κ1) is 17.0. The van der Waals surface area contributed by atoms with E-state index in [0.717, 1.165) is 29.4 Å². The van der Waals surface area contributed by atoms with Crippen LogP contribution in [0.25, 0.3) is 10.9 Å². The number of amides is 1. The molecule has 0 atom stereocenters. The maximum atomic E-state index is 11.7. The summed E-state index contributed by atoms with van der Waals surface area (Å²) in [7, 11) is -1.36. The smallest absolute Gasteiger partial charge is 0.223 e. The lowest BCUT2D eigenvalue weighted by Gasteiger charge is -2.31. The molecule has 6 nitrogen and oxygen atoms in total. The molecule has 2 heterocycles. The summed E-state index contributed by atoms with van der Waals surface area (Å²) in [6.45, 7) is 2.63. The van der Waals surface area contributed by atoms with Gasteiger partial charge in [0.25, 0.3) is 0 Å². The minimum absolute atomic E-state index is 0.0150. The number of aromatic amines is 1. The molecule has 0 spiro atoms. The van der Waals surface area contributed by atoms with E-state index in [2.05, 4.69) is 11.1 Å². The molecule has 0 bridgehead atoms. The number of rotatable bonds is 3. The minimum atomic E-state index is -3.12. The molecular formula is C17H23N3O3S. The molecule has 2 aromatic rings. The summed E-state index contributed by atoms with van der Waals surface area (Å²) in [5.41, 5.74) is 3.05. The van der Waals surface area contributed by atoms with Gasteiger partial charge in [0.05, 0.1) is 6.26 Å². The summed E-state index contributed by atoms with van der Waals surface area (Å²) < 4.78 is 24.9. The second kappa shape index (κ2) is 6.22. The Balaban J connectivity index is 1.94. The van der Waals surface area contributed by atoms with Crippen molar-refractivity contribution in [1.82, 2.24) is 9.29 Å². The lowest BCUT2D eigenvalue weighted by atomic mass is 9.87. The third-order valence-electron chi connectivity index (χ3n) is 4.91. The van der Waals surface area contributed by atoms with Gasteiger partial charge in [0, 0.05) is 49.8 Å². The Labute approximate surface area is 142 Å². The average Bonchev–Trinajstić information content (AvgIpc) is 3.00. The van der Waals surface area contributed by atoms with Crippen LogP contribution in [0.15, 0.2) is 24.4 Å². The van der Waals surface area contributed by atoms with Gasteiger partial charge < -0.3 is 9.88 Å². The fraction of sp³-hybridized carbons (Fsp3) is 0.471. The van der Waals surface area contributed by atoms with Crippen LogP contribution in [-0.4, -0.2) is 50.0 Å². The monoisotopic (exact) mass is 349 g/mol. The number of carbonyl (C=O) groups is 1. The summed E-state index contributed by atoms with van der Waals surface area (Å²) in [6, 6.07) is 6.09. The topological polar surface area (TPSA) is 73.5 Å². The number of anilines is 1. The predicted molar refractivity (Wildman–Crippen MR) is 95.8 cm³/mol. The number of H-pyrrole nitrogens is 1. The van der Waals surface area contributed by atoms with E-state index in [4.69, 9.17) is 0 Å². The summed E-state index contributed by atoms with van der Waals surface area (Å²) in [6.07, 6.45) is 4.75. The van der Waals surface area contributed by atoms with Crippen molar-refractivity contribution < 1.29 is 13.2 Å². The van der Waals surface area contributed by atoms with E-state index in [1.54, 1.807) is 23.2 Å². The molecule has 0 saturated carbocycles. The quantitative estimate of drug-likeness (QED) is 0.924. The number of hydrogen-bond acceptors (Lipinski definition) is 3. The molecule has 1 amide bonds. The van der Waals surface area contributed by atoms with Crippen LogP contribution in [0.3, 0.4) is 0 Å². The Bertz CT molecular complexity index is 864. The molecular weight excluding hydrogens is 326 g/mol. The van der Waals surface area contributed by atoms with Crippen LogP contribution in [0.1, 0.15) is 31.2 Å². The Morgan fingerprint density at radius 1 is 1.29 bits per heavy atom. The van der Waals surface area contributed by atoms with Crippen molar-refractivity contribution in [3.05, 3.63) is 30.0 Å². The van der Waals surface area contributed by atoms with E-state index in [-0.39, 0.29) is 5.91 Å². The molecule has 1 aliphatic heterocycles. The summed E-state index contributed by atoms with van der Waals surface area (Å²) >= 11 is 0. The van der Waals surface area contributed by atoms with Gasteiger partial charge in [-0.3, -0.25) is 4.79 Å².